The van der Waals surface area contributed by atoms with Crippen LogP contribution in [0.3, 0.4) is 0 Å². The van der Waals surface area contributed by atoms with Gasteiger partial charge in [0.15, 0.2) is 0 Å². The Morgan fingerprint density at radius 1 is 1.56 bits per heavy atom. The lowest BCUT2D eigenvalue weighted by Gasteiger charge is -2.38. The molecule has 2 rings (SSSR count). The van der Waals surface area contributed by atoms with Gasteiger partial charge in [-0.3, -0.25) is 0 Å². The summed E-state index contributed by atoms with van der Waals surface area (Å²) in [6.45, 7) is 3.87. The first kappa shape index (κ1) is 13.8. The highest BCUT2D eigenvalue weighted by atomic mass is 79.9. The summed E-state index contributed by atoms with van der Waals surface area (Å²) in [6, 6.07) is 6.00. The molecule has 1 heterocycles. The van der Waals surface area contributed by atoms with Crippen LogP contribution in [0.5, 0.6) is 5.75 Å². The number of piperidine rings is 1. The monoisotopic (exact) mass is 313 g/mol. The van der Waals surface area contributed by atoms with E-state index in [9.17, 15) is 5.11 Å². The van der Waals surface area contributed by atoms with Crippen LogP contribution in [0.15, 0.2) is 22.7 Å². The molecule has 2 atom stereocenters. The lowest BCUT2D eigenvalue weighted by atomic mass is 9.78. The number of aliphatic hydroxyl groups is 1. The molecule has 0 aliphatic carbocycles. The highest BCUT2D eigenvalue weighted by Crippen LogP contribution is 2.31. The maximum Gasteiger partial charge on any atom is 0.133 e. The summed E-state index contributed by atoms with van der Waals surface area (Å²) in [5, 5.41) is 14.0. The largest absolute Gasteiger partial charge is 0.496 e. The van der Waals surface area contributed by atoms with Crippen molar-refractivity contribution in [2.75, 3.05) is 20.2 Å². The minimum Gasteiger partial charge on any atom is -0.496 e. The average molecular weight is 314 g/mol. The second kappa shape index (κ2) is 5.59. The molecule has 18 heavy (non-hydrogen) atoms. The molecule has 100 valence electrons. The van der Waals surface area contributed by atoms with E-state index in [1.54, 1.807) is 7.11 Å². The van der Waals surface area contributed by atoms with E-state index in [2.05, 4.69) is 28.2 Å². The molecule has 1 aromatic carbocycles. The number of methoxy groups -OCH3 is 1. The molecule has 0 bridgehead atoms. The molecule has 2 N–H and O–H groups in total. The Labute approximate surface area is 117 Å². The third-order valence-electron chi connectivity index (χ3n) is 3.83. The molecule has 0 amide bonds. The van der Waals surface area contributed by atoms with Crippen molar-refractivity contribution in [2.45, 2.75) is 25.4 Å². The number of benzene rings is 1. The van der Waals surface area contributed by atoms with Crippen molar-refractivity contribution in [3.8, 4) is 5.75 Å². The number of rotatable bonds is 3. The quantitative estimate of drug-likeness (QED) is 0.900. The molecule has 0 aromatic heterocycles. The fourth-order valence-electron chi connectivity index (χ4n) is 2.50. The van der Waals surface area contributed by atoms with Crippen molar-refractivity contribution < 1.29 is 9.84 Å². The minimum absolute atomic E-state index is 0.270. The van der Waals surface area contributed by atoms with Crippen LogP contribution in [0.2, 0.25) is 0 Å². The van der Waals surface area contributed by atoms with Gasteiger partial charge in [-0.2, -0.15) is 0 Å². The molecular weight excluding hydrogens is 294 g/mol. The van der Waals surface area contributed by atoms with Crippen molar-refractivity contribution in [3.63, 3.8) is 0 Å². The summed E-state index contributed by atoms with van der Waals surface area (Å²) in [6.07, 6.45) is 1.50. The molecule has 3 nitrogen and oxygen atoms in total. The lowest BCUT2D eigenvalue weighted by molar-refractivity contribution is -0.0329. The van der Waals surface area contributed by atoms with Gasteiger partial charge in [-0.25, -0.2) is 0 Å². The Kier molecular flexibility index (Phi) is 4.30. The van der Waals surface area contributed by atoms with Crippen LogP contribution in [0.1, 0.15) is 18.9 Å². The van der Waals surface area contributed by atoms with Crippen molar-refractivity contribution in [1.29, 1.82) is 0 Å². The third kappa shape index (κ3) is 2.87. The van der Waals surface area contributed by atoms with Gasteiger partial charge in [-0.15, -0.1) is 0 Å². The van der Waals surface area contributed by atoms with Crippen molar-refractivity contribution >= 4 is 15.9 Å². The van der Waals surface area contributed by atoms with E-state index in [-0.39, 0.29) is 5.92 Å². The SMILES string of the molecule is COc1ccc(CC2(O)CCNCC2C)cc1Br. The molecule has 1 aliphatic rings. The fraction of sp³-hybridized carbons (Fsp3) is 0.571. The highest BCUT2D eigenvalue weighted by Gasteiger charge is 2.35. The van der Waals surface area contributed by atoms with E-state index in [1.807, 2.05) is 18.2 Å². The van der Waals surface area contributed by atoms with Crippen LogP contribution in [0.25, 0.3) is 0 Å². The van der Waals surface area contributed by atoms with Gasteiger partial charge in [0.1, 0.15) is 5.75 Å². The van der Waals surface area contributed by atoms with Gasteiger partial charge in [-0.05, 0) is 52.5 Å². The number of hydrogen-bond donors (Lipinski definition) is 2. The maximum absolute atomic E-state index is 10.7. The molecule has 1 fully saturated rings. The molecule has 1 aliphatic heterocycles. The summed E-state index contributed by atoms with van der Waals surface area (Å²) in [5.74, 6) is 1.09. The molecule has 2 unspecified atom stereocenters. The third-order valence-corrected chi connectivity index (χ3v) is 4.45. The lowest BCUT2D eigenvalue weighted by Crippen LogP contribution is -2.50. The van der Waals surface area contributed by atoms with Gasteiger partial charge in [-0.1, -0.05) is 13.0 Å². The Hall–Kier alpha value is -0.580. The van der Waals surface area contributed by atoms with Crippen LogP contribution in [-0.4, -0.2) is 30.9 Å². The second-order valence-electron chi connectivity index (χ2n) is 5.10. The standard InChI is InChI=1S/C14H20BrNO2/c1-10-9-16-6-5-14(10,17)8-11-3-4-13(18-2)12(15)7-11/h3-4,7,10,16-17H,5-6,8-9H2,1-2H3. The van der Waals surface area contributed by atoms with Gasteiger partial charge in [0.2, 0.25) is 0 Å². The number of ether oxygens (including phenoxy) is 1. The maximum atomic E-state index is 10.7. The van der Waals surface area contributed by atoms with Crippen LogP contribution in [-0.2, 0) is 6.42 Å². The Bertz CT molecular complexity index is 424. The van der Waals surface area contributed by atoms with Gasteiger partial charge < -0.3 is 15.2 Å². The van der Waals surface area contributed by atoms with Gasteiger partial charge >= 0.3 is 0 Å². The molecule has 4 heteroatoms. The zero-order valence-electron chi connectivity index (χ0n) is 10.9. The predicted octanol–water partition coefficient (Wildman–Crippen LogP) is 2.36. The topological polar surface area (TPSA) is 41.5 Å². The number of halogens is 1. The van der Waals surface area contributed by atoms with E-state index in [1.165, 1.54) is 0 Å². The van der Waals surface area contributed by atoms with Crippen LogP contribution >= 0.6 is 15.9 Å². The number of nitrogens with one attached hydrogen (secondary N) is 1. The Morgan fingerprint density at radius 3 is 2.94 bits per heavy atom. The van der Waals surface area contributed by atoms with Crippen LogP contribution in [0.4, 0.5) is 0 Å². The van der Waals surface area contributed by atoms with E-state index in [4.69, 9.17) is 4.74 Å². The van der Waals surface area contributed by atoms with Gasteiger partial charge in [0, 0.05) is 13.0 Å². The van der Waals surface area contributed by atoms with Crippen molar-refractivity contribution in [3.05, 3.63) is 28.2 Å². The summed E-state index contributed by atoms with van der Waals surface area (Å²) in [4.78, 5) is 0. The Balaban J connectivity index is 2.15. The van der Waals surface area contributed by atoms with Gasteiger partial charge in [0.25, 0.3) is 0 Å². The first-order valence-electron chi connectivity index (χ1n) is 6.31. The molecule has 0 spiro atoms. The minimum atomic E-state index is -0.598. The smallest absolute Gasteiger partial charge is 0.133 e. The van der Waals surface area contributed by atoms with Crippen molar-refractivity contribution in [2.24, 2.45) is 5.92 Å². The first-order chi connectivity index (χ1) is 8.55. The average Bonchev–Trinajstić information content (AvgIpc) is 2.33. The van der Waals surface area contributed by atoms with E-state index < -0.39 is 5.60 Å². The zero-order valence-corrected chi connectivity index (χ0v) is 12.5. The highest BCUT2D eigenvalue weighted by molar-refractivity contribution is 9.10. The predicted molar refractivity (Wildman–Crippen MR) is 76.0 cm³/mol. The number of hydrogen-bond acceptors (Lipinski definition) is 3. The fourth-order valence-corrected chi connectivity index (χ4v) is 3.08. The van der Waals surface area contributed by atoms with E-state index in [0.29, 0.717) is 6.42 Å². The normalized spacial score (nSPS) is 28.1. The van der Waals surface area contributed by atoms with E-state index >= 15 is 0 Å². The van der Waals surface area contributed by atoms with Crippen molar-refractivity contribution in [1.82, 2.24) is 5.32 Å². The van der Waals surface area contributed by atoms with Gasteiger partial charge in [0.05, 0.1) is 17.2 Å². The molecule has 1 saturated heterocycles. The van der Waals surface area contributed by atoms with Crippen LogP contribution in [0, 0.1) is 5.92 Å². The zero-order chi connectivity index (χ0) is 13.2. The molecule has 0 saturated carbocycles. The Morgan fingerprint density at radius 2 is 2.33 bits per heavy atom. The molecular formula is C14H20BrNO2. The summed E-state index contributed by atoms with van der Waals surface area (Å²) >= 11 is 3.49. The summed E-state index contributed by atoms with van der Waals surface area (Å²) in [7, 11) is 1.65. The first-order valence-corrected chi connectivity index (χ1v) is 7.10. The molecule has 1 aromatic rings. The van der Waals surface area contributed by atoms with E-state index in [0.717, 1.165) is 35.3 Å². The van der Waals surface area contributed by atoms with Crippen LogP contribution < -0.4 is 10.1 Å². The molecule has 0 radical (unpaired) electrons. The summed E-state index contributed by atoms with van der Waals surface area (Å²) < 4.78 is 6.15. The summed E-state index contributed by atoms with van der Waals surface area (Å²) in [5.41, 5.74) is 0.540. The second-order valence-corrected chi connectivity index (χ2v) is 5.96.